The zero-order valence-corrected chi connectivity index (χ0v) is 15.1. The molecule has 1 aliphatic heterocycles. The number of piperidine rings is 1. The van der Waals surface area contributed by atoms with Crippen LogP contribution in [0.15, 0.2) is 24.3 Å². The highest BCUT2D eigenvalue weighted by atomic mass is 16.5. The summed E-state index contributed by atoms with van der Waals surface area (Å²) in [6, 6.07) is 10.0. The Morgan fingerprint density at radius 2 is 1.88 bits per heavy atom. The molecule has 1 aromatic carbocycles. The average molecular weight is 332 g/mol. The predicted molar refractivity (Wildman–Crippen MR) is 97.3 cm³/mol. The molecule has 3 unspecified atom stereocenters. The molecule has 2 N–H and O–H groups in total. The maximum atomic E-state index is 9.88. The van der Waals surface area contributed by atoms with Gasteiger partial charge in [-0.1, -0.05) is 31.2 Å². The molecule has 24 heavy (non-hydrogen) atoms. The highest BCUT2D eigenvalue weighted by Gasteiger charge is 2.28. The number of β-amino-alcohol motifs (C(OH)–C–C–N with tert-alkyl or cyclic N) is 1. The Kier molecular flexibility index (Phi) is 6.28. The van der Waals surface area contributed by atoms with Crippen LogP contribution in [0.1, 0.15) is 55.7 Å². The molecule has 134 valence electrons. The van der Waals surface area contributed by atoms with E-state index in [0.29, 0.717) is 24.6 Å². The number of hydrogen-bond acceptors (Lipinski definition) is 4. The number of nitrogens with zero attached hydrogens (tertiary/aromatic N) is 1. The third kappa shape index (κ3) is 4.37. The molecule has 4 heteroatoms. The Bertz CT molecular complexity index is 514. The fraction of sp³-hybridized carbons (Fsp3) is 0.700. The first-order chi connectivity index (χ1) is 11.7. The largest absolute Gasteiger partial charge is 0.389 e. The van der Waals surface area contributed by atoms with Gasteiger partial charge < -0.3 is 20.1 Å². The van der Waals surface area contributed by atoms with Crippen molar-refractivity contribution in [1.29, 1.82) is 0 Å². The van der Waals surface area contributed by atoms with Gasteiger partial charge in [0, 0.05) is 25.7 Å². The van der Waals surface area contributed by atoms with Crippen molar-refractivity contribution in [1.82, 2.24) is 10.2 Å². The van der Waals surface area contributed by atoms with Crippen LogP contribution in [-0.2, 0) is 4.74 Å². The fourth-order valence-corrected chi connectivity index (χ4v) is 4.29. The van der Waals surface area contributed by atoms with Crippen LogP contribution in [0.4, 0.5) is 0 Å². The summed E-state index contributed by atoms with van der Waals surface area (Å²) in [4.78, 5) is 2.36. The van der Waals surface area contributed by atoms with Crippen molar-refractivity contribution in [2.45, 2.75) is 56.7 Å². The van der Waals surface area contributed by atoms with Gasteiger partial charge in [0.05, 0.1) is 12.7 Å². The molecule has 1 aromatic rings. The summed E-state index contributed by atoms with van der Waals surface area (Å²) in [6.45, 7) is 5.62. The number of ether oxygens (including phenoxy) is 1. The fourth-order valence-electron chi connectivity index (χ4n) is 4.29. The van der Waals surface area contributed by atoms with Gasteiger partial charge >= 0.3 is 0 Å². The molecule has 0 bridgehead atoms. The molecule has 0 amide bonds. The summed E-state index contributed by atoms with van der Waals surface area (Å²) in [5.41, 5.74) is 3.04. The molecular formula is C20H32N2O2. The second-order valence-corrected chi connectivity index (χ2v) is 7.51. The summed E-state index contributed by atoms with van der Waals surface area (Å²) < 4.78 is 5.02. The van der Waals surface area contributed by atoms with Gasteiger partial charge in [0.2, 0.25) is 0 Å². The third-order valence-corrected chi connectivity index (χ3v) is 5.64. The minimum Gasteiger partial charge on any atom is -0.389 e. The topological polar surface area (TPSA) is 44.7 Å². The Morgan fingerprint density at radius 3 is 2.58 bits per heavy atom. The Morgan fingerprint density at radius 1 is 1.17 bits per heavy atom. The van der Waals surface area contributed by atoms with Crippen molar-refractivity contribution in [2.24, 2.45) is 0 Å². The molecule has 0 spiro atoms. The summed E-state index contributed by atoms with van der Waals surface area (Å²) in [7, 11) is 1.64. The molecule has 1 saturated heterocycles. The monoisotopic (exact) mass is 332 g/mol. The highest BCUT2D eigenvalue weighted by molar-refractivity contribution is 5.35. The van der Waals surface area contributed by atoms with Crippen molar-refractivity contribution in [3.05, 3.63) is 35.4 Å². The van der Waals surface area contributed by atoms with Gasteiger partial charge in [-0.3, -0.25) is 0 Å². The summed E-state index contributed by atoms with van der Waals surface area (Å²) in [5.74, 6) is 0.684. The molecule has 0 radical (unpaired) electrons. The average Bonchev–Trinajstić information content (AvgIpc) is 2.59. The molecule has 4 nitrogen and oxygen atoms in total. The number of benzene rings is 1. The van der Waals surface area contributed by atoms with Crippen molar-refractivity contribution in [3.8, 4) is 0 Å². The van der Waals surface area contributed by atoms with E-state index < -0.39 is 0 Å². The summed E-state index contributed by atoms with van der Waals surface area (Å²) in [5, 5.41) is 13.8. The number of aliphatic hydroxyl groups excluding tert-OH is 1. The number of methoxy groups -OCH3 is 1. The Balaban J connectivity index is 1.51. The predicted octanol–water partition coefficient (Wildman–Crippen LogP) is 2.69. The minimum absolute atomic E-state index is 0.369. The van der Waals surface area contributed by atoms with E-state index in [9.17, 15) is 5.11 Å². The van der Waals surface area contributed by atoms with Crippen LogP contribution in [0.5, 0.6) is 0 Å². The molecule has 2 aliphatic rings. The van der Waals surface area contributed by atoms with Crippen molar-refractivity contribution >= 4 is 0 Å². The molecule has 0 saturated carbocycles. The zero-order valence-electron chi connectivity index (χ0n) is 15.1. The SMILES string of the molecule is COCC(O)CN1CCC(NC2CCC(C)c3ccccc32)CC1. The van der Waals surface area contributed by atoms with Crippen molar-refractivity contribution in [3.63, 3.8) is 0 Å². The maximum Gasteiger partial charge on any atom is 0.0900 e. The smallest absolute Gasteiger partial charge is 0.0900 e. The van der Waals surface area contributed by atoms with Crippen LogP contribution < -0.4 is 5.32 Å². The molecule has 0 aromatic heterocycles. The van der Waals surface area contributed by atoms with Crippen molar-refractivity contribution in [2.75, 3.05) is 33.4 Å². The van der Waals surface area contributed by atoms with E-state index >= 15 is 0 Å². The van der Waals surface area contributed by atoms with Crippen LogP contribution >= 0.6 is 0 Å². The number of fused-ring (bicyclic) bond motifs is 1. The van der Waals surface area contributed by atoms with E-state index in [1.807, 2.05) is 0 Å². The molecule has 3 atom stereocenters. The number of nitrogens with one attached hydrogen (secondary N) is 1. The second-order valence-electron chi connectivity index (χ2n) is 7.51. The van der Waals surface area contributed by atoms with Gasteiger partial charge in [-0.2, -0.15) is 0 Å². The van der Waals surface area contributed by atoms with Gasteiger partial charge in [0.1, 0.15) is 0 Å². The minimum atomic E-state index is -0.369. The highest BCUT2D eigenvalue weighted by Crippen LogP contribution is 2.37. The lowest BCUT2D eigenvalue weighted by Gasteiger charge is -2.37. The van der Waals surface area contributed by atoms with Gasteiger partial charge in [-0.25, -0.2) is 0 Å². The van der Waals surface area contributed by atoms with Crippen LogP contribution in [-0.4, -0.2) is 55.5 Å². The Labute approximate surface area is 146 Å². The van der Waals surface area contributed by atoms with E-state index in [0.717, 1.165) is 32.5 Å². The van der Waals surface area contributed by atoms with E-state index in [1.54, 1.807) is 7.11 Å². The first-order valence-corrected chi connectivity index (χ1v) is 9.41. The van der Waals surface area contributed by atoms with Gasteiger partial charge in [-0.05, 0) is 55.8 Å². The van der Waals surface area contributed by atoms with Crippen LogP contribution in [0.2, 0.25) is 0 Å². The number of likely N-dealkylation sites (tertiary alicyclic amines) is 1. The zero-order chi connectivity index (χ0) is 16.9. The van der Waals surface area contributed by atoms with Crippen LogP contribution in [0, 0.1) is 0 Å². The lowest BCUT2D eigenvalue weighted by Crippen LogP contribution is -2.46. The summed E-state index contributed by atoms with van der Waals surface area (Å²) in [6.07, 6.45) is 4.47. The maximum absolute atomic E-state index is 9.88. The standard InChI is InChI=1S/C20H32N2O2/c1-15-7-8-20(19-6-4-3-5-18(15)19)21-16-9-11-22(12-10-16)13-17(23)14-24-2/h3-6,15-17,20-21,23H,7-14H2,1-2H3. The molecule has 1 heterocycles. The molecular weight excluding hydrogens is 300 g/mol. The van der Waals surface area contributed by atoms with Crippen molar-refractivity contribution < 1.29 is 9.84 Å². The lowest BCUT2D eigenvalue weighted by atomic mass is 9.80. The lowest BCUT2D eigenvalue weighted by molar-refractivity contribution is 0.0306. The first-order valence-electron chi connectivity index (χ1n) is 9.41. The first kappa shape index (κ1) is 17.9. The molecule has 1 aliphatic carbocycles. The Hall–Kier alpha value is -0.940. The number of hydrogen-bond donors (Lipinski definition) is 2. The quantitative estimate of drug-likeness (QED) is 0.841. The molecule has 1 fully saturated rings. The van der Waals surface area contributed by atoms with E-state index in [2.05, 4.69) is 41.4 Å². The molecule has 3 rings (SSSR count). The van der Waals surface area contributed by atoms with E-state index in [-0.39, 0.29) is 6.10 Å². The van der Waals surface area contributed by atoms with Crippen LogP contribution in [0.3, 0.4) is 0 Å². The van der Waals surface area contributed by atoms with Gasteiger partial charge in [-0.15, -0.1) is 0 Å². The van der Waals surface area contributed by atoms with Gasteiger partial charge in [0.25, 0.3) is 0 Å². The number of rotatable bonds is 6. The van der Waals surface area contributed by atoms with E-state index in [4.69, 9.17) is 4.74 Å². The third-order valence-electron chi connectivity index (χ3n) is 5.64. The van der Waals surface area contributed by atoms with E-state index in [1.165, 1.54) is 24.0 Å². The second kappa shape index (κ2) is 8.43. The number of aliphatic hydroxyl groups is 1. The van der Waals surface area contributed by atoms with Crippen LogP contribution in [0.25, 0.3) is 0 Å². The summed E-state index contributed by atoms with van der Waals surface area (Å²) >= 11 is 0. The normalized spacial score (nSPS) is 27.0. The van der Waals surface area contributed by atoms with Gasteiger partial charge in [0.15, 0.2) is 0 Å².